The van der Waals surface area contributed by atoms with Gasteiger partial charge >= 0.3 is 12.0 Å². The Morgan fingerprint density at radius 3 is 2.88 bits per heavy atom. The molecule has 0 spiro atoms. The maximum Gasteiger partial charge on any atom is 0.355 e. The van der Waals surface area contributed by atoms with Gasteiger partial charge in [-0.2, -0.15) is 9.97 Å². The molecule has 16 heavy (non-hydrogen) atoms. The smallest absolute Gasteiger partial charge is 0.355 e. The minimum absolute atomic E-state index is 0.0648. The summed E-state index contributed by atoms with van der Waals surface area (Å²) in [4.78, 5) is 21.2. The zero-order chi connectivity index (χ0) is 11.7. The lowest BCUT2D eigenvalue weighted by atomic mass is 10.0. The van der Waals surface area contributed by atoms with Crippen molar-refractivity contribution in [2.45, 2.75) is 13.0 Å². The molecule has 0 radical (unpaired) electrons. The molecule has 0 atom stereocenters. The van der Waals surface area contributed by atoms with Crippen LogP contribution in [-0.4, -0.2) is 46.6 Å². The van der Waals surface area contributed by atoms with Crippen molar-refractivity contribution in [1.82, 2.24) is 14.9 Å². The molecule has 1 aromatic rings. The Kier molecular flexibility index (Phi) is 2.74. The summed E-state index contributed by atoms with van der Waals surface area (Å²) in [6, 6.07) is 0.117. The number of carboxylic acid groups (broad SMARTS) is 1. The first-order valence-electron chi connectivity index (χ1n) is 4.97. The van der Waals surface area contributed by atoms with Crippen molar-refractivity contribution in [2.24, 2.45) is 0 Å². The van der Waals surface area contributed by atoms with Gasteiger partial charge in [-0.25, -0.2) is 4.79 Å². The molecule has 1 aromatic heterocycles. The Balaban J connectivity index is 2.53. The topological polar surface area (TPSA) is 75.5 Å². The first kappa shape index (κ1) is 10.8. The van der Waals surface area contributed by atoms with E-state index < -0.39 is 5.97 Å². The second kappa shape index (κ2) is 4.05. The molecule has 2 rings (SSSR count). The highest BCUT2D eigenvalue weighted by Crippen LogP contribution is 2.21. The Morgan fingerprint density at radius 1 is 1.50 bits per heavy atom. The number of nitrogens with zero attached hydrogens (tertiary/aromatic N) is 3. The SMILES string of the molecule is COc1nc2c(c(C(=O)O)n1)CCN(C)C2. The summed E-state index contributed by atoms with van der Waals surface area (Å²) < 4.78 is 4.90. The summed E-state index contributed by atoms with van der Waals surface area (Å²) in [6.45, 7) is 1.46. The van der Waals surface area contributed by atoms with Gasteiger partial charge in [-0.3, -0.25) is 0 Å². The lowest BCUT2D eigenvalue weighted by molar-refractivity contribution is 0.0686. The summed E-state index contributed by atoms with van der Waals surface area (Å²) >= 11 is 0. The van der Waals surface area contributed by atoms with E-state index in [9.17, 15) is 4.79 Å². The molecular weight excluding hydrogens is 210 g/mol. The van der Waals surface area contributed by atoms with Crippen LogP contribution in [0.1, 0.15) is 21.7 Å². The Bertz CT molecular complexity index is 434. The number of ether oxygens (including phenoxy) is 1. The maximum atomic E-state index is 11.1. The fraction of sp³-hybridized carbons (Fsp3) is 0.500. The molecule has 0 aromatic carbocycles. The molecule has 1 aliphatic rings. The highest BCUT2D eigenvalue weighted by molar-refractivity contribution is 5.87. The molecule has 0 amide bonds. The van der Waals surface area contributed by atoms with Crippen molar-refractivity contribution in [3.8, 4) is 6.01 Å². The Hall–Kier alpha value is -1.69. The molecule has 0 aliphatic carbocycles. The van der Waals surface area contributed by atoms with Gasteiger partial charge in [0.15, 0.2) is 5.69 Å². The minimum atomic E-state index is -1.03. The number of hydrogen-bond donors (Lipinski definition) is 1. The molecular formula is C10H13N3O3. The van der Waals surface area contributed by atoms with Crippen LogP contribution in [0.3, 0.4) is 0 Å². The van der Waals surface area contributed by atoms with Crippen LogP contribution in [-0.2, 0) is 13.0 Å². The maximum absolute atomic E-state index is 11.1. The second-order valence-electron chi connectivity index (χ2n) is 3.78. The van der Waals surface area contributed by atoms with Crippen LogP contribution >= 0.6 is 0 Å². The number of fused-ring (bicyclic) bond motifs is 1. The average molecular weight is 223 g/mol. The Morgan fingerprint density at radius 2 is 2.25 bits per heavy atom. The largest absolute Gasteiger partial charge is 0.476 e. The lowest BCUT2D eigenvalue weighted by Gasteiger charge is -2.24. The number of likely N-dealkylation sites (N-methyl/N-ethyl adjacent to an activating group) is 1. The van der Waals surface area contributed by atoms with Crippen LogP contribution in [0, 0.1) is 0 Å². The van der Waals surface area contributed by atoms with Gasteiger partial charge in [0.05, 0.1) is 12.8 Å². The van der Waals surface area contributed by atoms with Gasteiger partial charge in [-0.05, 0) is 13.5 Å². The number of carboxylic acids is 1. The third-order valence-electron chi connectivity index (χ3n) is 2.62. The zero-order valence-corrected chi connectivity index (χ0v) is 9.23. The molecule has 0 unspecified atom stereocenters. The lowest BCUT2D eigenvalue weighted by Crippen LogP contribution is -2.29. The summed E-state index contributed by atoms with van der Waals surface area (Å²) in [5.74, 6) is -1.03. The monoisotopic (exact) mass is 223 g/mol. The molecule has 0 saturated carbocycles. The molecule has 6 nitrogen and oxygen atoms in total. The fourth-order valence-electron chi connectivity index (χ4n) is 1.81. The van der Waals surface area contributed by atoms with E-state index in [1.54, 1.807) is 0 Å². The third kappa shape index (κ3) is 1.83. The van der Waals surface area contributed by atoms with E-state index in [2.05, 4.69) is 14.9 Å². The zero-order valence-electron chi connectivity index (χ0n) is 9.23. The van der Waals surface area contributed by atoms with Gasteiger partial charge in [-0.1, -0.05) is 0 Å². The van der Waals surface area contributed by atoms with Crippen molar-refractivity contribution in [3.63, 3.8) is 0 Å². The van der Waals surface area contributed by atoms with E-state index in [0.717, 1.165) is 17.8 Å². The van der Waals surface area contributed by atoms with E-state index in [4.69, 9.17) is 9.84 Å². The van der Waals surface area contributed by atoms with E-state index in [1.807, 2.05) is 7.05 Å². The molecule has 0 saturated heterocycles. The van der Waals surface area contributed by atoms with E-state index in [1.165, 1.54) is 7.11 Å². The van der Waals surface area contributed by atoms with Crippen molar-refractivity contribution >= 4 is 5.97 Å². The summed E-state index contributed by atoms with van der Waals surface area (Å²) in [5, 5.41) is 9.07. The summed E-state index contributed by atoms with van der Waals surface area (Å²) in [6.07, 6.45) is 0.664. The predicted octanol–water partition coefficient (Wildman–Crippen LogP) is 0.171. The van der Waals surface area contributed by atoms with Crippen LogP contribution in [0.15, 0.2) is 0 Å². The summed E-state index contributed by atoms with van der Waals surface area (Å²) in [7, 11) is 3.40. The van der Waals surface area contributed by atoms with Crippen LogP contribution < -0.4 is 4.74 Å². The van der Waals surface area contributed by atoms with E-state index >= 15 is 0 Å². The van der Waals surface area contributed by atoms with E-state index in [-0.39, 0.29) is 11.7 Å². The normalized spacial score (nSPS) is 15.6. The van der Waals surface area contributed by atoms with Gasteiger partial charge in [0, 0.05) is 18.7 Å². The minimum Gasteiger partial charge on any atom is -0.476 e. The van der Waals surface area contributed by atoms with Gasteiger partial charge in [0.25, 0.3) is 0 Å². The van der Waals surface area contributed by atoms with Crippen molar-refractivity contribution in [3.05, 3.63) is 17.0 Å². The number of aromatic nitrogens is 2. The molecule has 86 valence electrons. The molecule has 6 heteroatoms. The van der Waals surface area contributed by atoms with Crippen LogP contribution in [0.25, 0.3) is 0 Å². The Labute approximate surface area is 92.9 Å². The van der Waals surface area contributed by atoms with Gasteiger partial charge in [0.2, 0.25) is 0 Å². The van der Waals surface area contributed by atoms with Crippen molar-refractivity contribution < 1.29 is 14.6 Å². The van der Waals surface area contributed by atoms with Gasteiger partial charge in [-0.15, -0.1) is 0 Å². The van der Waals surface area contributed by atoms with E-state index in [0.29, 0.717) is 13.0 Å². The first-order valence-corrected chi connectivity index (χ1v) is 4.97. The first-order chi connectivity index (χ1) is 7.61. The van der Waals surface area contributed by atoms with Crippen LogP contribution in [0.5, 0.6) is 6.01 Å². The molecule has 1 aliphatic heterocycles. The highest BCUT2D eigenvalue weighted by atomic mass is 16.5. The predicted molar refractivity (Wildman–Crippen MR) is 55.6 cm³/mol. The second-order valence-corrected chi connectivity index (χ2v) is 3.78. The number of methoxy groups -OCH3 is 1. The number of hydrogen-bond acceptors (Lipinski definition) is 5. The molecule has 0 bridgehead atoms. The van der Waals surface area contributed by atoms with Crippen molar-refractivity contribution in [2.75, 3.05) is 20.7 Å². The third-order valence-corrected chi connectivity index (χ3v) is 2.62. The fourth-order valence-corrected chi connectivity index (χ4v) is 1.81. The van der Waals surface area contributed by atoms with Gasteiger partial charge in [0.1, 0.15) is 0 Å². The number of aromatic carboxylic acids is 1. The molecule has 2 heterocycles. The highest BCUT2D eigenvalue weighted by Gasteiger charge is 2.23. The summed E-state index contributed by atoms with van der Waals surface area (Å²) in [5.41, 5.74) is 1.54. The van der Waals surface area contributed by atoms with Gasteiger partial charge < -0.3 is 14.7 Å². The van der Waals surface area contributed by atoms with Crippen molar-refractivity contribution in [1.29, 1.82) is 0 Å². The standard InChI is InChI=1S/C10H13N3O3/c1-13-4-3-6-7(5-13)11-10(16-2)12-8(6)9(14)15/h3-5H2,1-2H3,(H,14,15). The quantitative estimate of drug-likeness (QED) is 0.770. The number of rotatable bonds is 2. The molecule has 1 N–H and O–H groups in total. The van der Waals surface area contributed by atoms with Crippen LogP contribution in [0.2, 0.25) is 0 Å². The van der Waals surface area contributed by atoms with Crippen LogP contribution in [0.4, 0.5) is 0 Å². The average Bonchev–Trinajstić information content (AvgIpc) is 2.26. The number of carbonyl (C=O) groups is 1. The molecule has 0 fully saturated rings.